The molecule has 2 aromatic carbocycles. The van der Waals surface area contributed by atoms with Gasteiger partial charge in [-0.05, 0) is 42.7 Å². The standard InChI is InChI=1S/C21H19ClN2O3/c1-13-9-14(2)20(17(22)10-13)24-18(25)12-27-19(26)11-16-6-3-5-15-7-4-8-23-21(15)16/h3-10H,11-12H2,1-2H3,(H,24,25). The summed E-state index contributed by atoms with van der Waals surface area (Å²) in [5.41, 5.74) is 3.90. The van der Waals surface area contributed by atoms with E-state index in [0.29, 0.717) is 10.7 Å². The maximum atomic E-state index is 12.1. The second kappa shape index (κ2) is 8.18. The van der Waals surface area contributed by atoms with Crippen LogP contribution in [0.4, 0.5) is 5.69 Å². The molecule has 0 aliphatic rings. The summed E-state index contributed by atoms with van der Waals surface area (Å²) in [6.45, 7) is 3.41. The molecule has 0 spiro atoms. The number of anilines is 1. The average molecular weight is 383 g/mol. The molecule has 0 fully saturated rings. The van der Waals surface area contributed by atoms with E-state index in [4.69, 9.17) is 16.3 Å². The fourth-order valence-electron chi connectivity index (χ4n) is 2.91. The van der Waals surface area contributed by atoms with E-state index in [0.717, 1.165) is 27.6 Å². The summed E-state index contributed by atoms with van der Waals surface area (Å²) in [4.78, 5) is 28.6. The molecular formula is C21H19ClN2O3. The van der Waals surface area contributed by atoms with E-state index in [1.165, 1.54) is 0 Å². The molecule has 1 aromatic heterocycles. The average Bonchev–Trinajstić information content (AvgIpc) is 2.63. The van der Waals surface area contributed by atoms with Crippen LogP contribution in [0, 0.1) is 13.8 Å². The lowest BCUT2D eigenvalue weighted by Crippen LogP contribution is -2.22. The predicted molar refractivity (Wildman–Crippen MR) is 106 cm³/mol. The topological polar surface area (TPSA) is 68.3 Å². The van der Waals surface area contributed by atoms with E-state index in [9.17, 15) is 9.59 Å². The Kier molecular flexibility index (Phi) is 5.72. The van der Waals surface area contributed by atoms with Crippen LogP contribution in [0.1, 0.15) is 16.7 Å². The lowest BCUT2D eigenvalue weighted by molar-refractivity contribution is -0.146. The maximum absolute atomic E-state index is 12.1. The molecule has 1 heterocycles. The first-order valence-electron chi connectivity index (χ1n) is 8.49. The second-order valence-electron chi connectivity index (χ2n) is 6.32. The number of halogens is 1. The molecule has 0 bridgehead atoms. The van der Waals surface area contributed by atoms with Gasteiger partial charge in [0, 0.05) is 11.6 Å². The molecule has 5 nitrogen and oxygen atoms in total. The first-order valence-corrected chi connectivity index (χ1v) is 8.86. The summed E-state index contributed by atoms with van der Waals surface area (Å²) in [5.74, 6) is -0.928. The van der Waals surface area contributed by atoms with Gasteiger partial charge in [0.25, 0.3) is 5.91 Å². The van der Waals surface area contributed by atoms with Crippen molar-refractivity contribution in [2.75, 3.05) is 11.9 Å². The molecule has 138 valence electrons. The molecule has 0 unspecified atom stereocenters. The van der Waals surface area contributed by atoms with Crippen LogP contribution in [0.25, 0.3) is 10.9 Å². The van der Waals surface area contributed by atoms with E-state index in [1.807, 2.05) is 50.2 Å². The summed E-state index contributed by atoms with van der Waals surface area (Å²) >= 11 is 6.17. The number of aromatic nitrogens is 1. The molecule has 1 amide bonds. The van der Waals surface area contributed by atoms with Crippen molar-refractivity contribution in [3.63, 3.8) is 0 Å². The van der Waals surface area contributed by atoms with E-state index < -0.39 is 11.9 Å². The smallest absolute Gasteiger partial charge is 0.310 e. The summed E-state index contributed by atoms with van der Waals surface area (Å²) in [7, 11) is 0. The van der Waals surface area contributed by atoms with Gasteiger partial charge in [0.1, 0.15) is 0 Å². The minimum atomic E-state index is -0.491. The maximum Gasteiger partial charge on any atom is 0.310 e. The number of carbonyl (C=O) groups excluding carboxylic acids is 2. The van der Waals surface area contributed by atoms with Crippen LogP contribution in [0.3, 0.4) is 0 Å². The Hall–Kier alpha value is -2.92. The van der Waals surface area contributed by atoms with Gasteiger partial charge in [0.15, 0.2) is 6.61 Å². The van der Waals surface area contributed by atoms with Crippen LogP contribution in [0.15, 0.2) is 48.7 Å². The Morgan fingerprint density at radius 1 is 1.15 bits per heavy atom. The minimum absolute atomic E-state index is 0.0476. The quantitative estimate of drug-likeness (QED) is 0.670. The fraction of sp³-hybridized carbons (Fsp3) is 0.190. The highest BCUT2D eigenvalue weighted by Gasteiger charge is 2.13. The zero-order valence-corrected chi connectivity index (χ0v) is 15.8. The molecule has 3 aromatic rings. The van der Waals surface area contributed by atoms with E-state index in [1.54, 1.807) is 12.3 Å². The molecule has 1 N–H and O–H groups in total. The van der Waals surface area contributed by atoms with Crippen molar-refractivity contribution >= 4 is 40.1 Å². The van der Waals surface area contributed by atoms with E-state index in [2.05, 4.69) is 10.3 Å². The SMILES string of the molecule is Cc1cc(C)c(NC(=O)COC(=O)Cc2cccc3cccnc23)c(Cl)c1. The summed E-state index contributed by atoms with van der Waals surface area (Å²) in [5, 5.41) is 4.10. The number of nitrogens with one attached hydrogen (secondary N) is 1. The van der Waals surface area contributed by atoms with Crippen LogP contribution in [-0.4, -0.2) is 23.5 Å². The largest absolute Gasteiger partial charge is 0.455 e. The van der Waals surface area contributed by atoms with Crippen LogP contribution in [-0.2, 0) is 20.7 Å². The fourth-order valence-corrected chi connectivity index (χ4v) is 3.28. The number of para-hydroxylation sites is 1. The zero-order valence-electron chi connectivity index (χ0n) is 15.1. The van der Waals surface area contributed by atoms with Crippen LogP contribution < -0.4 is 5.32 Å². The first kappa shape index (κ1) is 18.9. The summed E-state index contributed by atoms with van der Waals surface area (Å²) in [6, 6.07) is 13.1. The van der Waals surface area contributed by atoms with Crippen molar-refractivity contribution in [1.29, 1.82) is 0 Å². The number of rotatable bonds is 5. The Morgan fingerprint density at radius 3 is 2.70 bits per heavy atom. The van der Waals surface area contributed by atoms with Crippen LogP contribution in [0.2, 0.25) is 5.02 Å². The van der Waals surface area contributed by atoms with Crippen molar-refractivity contribution in [1.82, 2.24) is 4.98 Å². The monoisotopic (exact) mass is 382 g/mol. The molecule has 6 heteroatoms. The third kappa shape index (κ3) is 4.63. The lowest BCUT2D eigenvalue weighted by atomic mass is 10.1. The second-order valence-corrected chi connectivity index (χ2v) is 6.72. The van der Waals surface area contributed by atoms with Gasteiger partial charge in [-0.2, -0.15) is 0 Å². The molecule has 3 rings (SSSR count). The Bertz CT molecular complexity index is 989. The van der Waals surface area contributed by atoms with Gasteiger partial charge in [0.05, 0.1) is 22.6 Å². The number of hydrogen-bond donors (Lipinski definition) is 1. The first-order chi connectivity index (χ1) is 12.9. The van der Waals surface area contributed by atoms with E-state index in [-0.39, 0.29) is 13.0 Å². The number of benzene rings is 2. The number of aryl methyl sites for hydroxylation is 2. The number of amides is 1. The van der Waals surface area contributed by atoms with Gasteiger partial charge >= 0.3 is 5.97 Å². The third-order valence-electron chi connectivity index (χ3n) is 4.11. The number of ether oxygens (including phenoxy) is 1. The van der Waals surface area contributed by atoms with Crippen molar-refractivity contribution in [2.24, 2.45) is 0 Å². The molecule has 0 aliphatic heterocycles. The van der Waals surface area contributed by atoms with Gasteiger partial charge in [-0.15, -0.1) is 0 Å². The van der Waals surface area contributed by atoms with Crippen molar-refractivity contribution < 1.29 is 14.3 Å². The third-order valence-corrected chi connectivity index (χ3v) is 4.41. The van der Waals surface area contributed by atoms with Gasteiger partial charge < -0.3 is 10.1 Å². The molecular weight excluding hydrogens is 364 g/mol. The number of nitrogens with zero attached hydrogens (tertiary/aromatic N) is 1. The van der Waals surface area contributed by atoms with Crippen LogP contribution in [0.5, 0.6) is 0 Å². The summed E-state index contributed by atoms with van der Waals surface area (Å²) < 4.78 is 5.11. The highest BCUT2D eigenvalue weighted by Crippen LogP contribution is 2.27. The van der Waals surface area contributed by atoms with Crippen LogP contribution >= 0.6 is 11.6 Å². The highest BCUT2D eigenvalue weighted by atomic mass is 35.5. The predicted octanol–water partition coefficient (Wildman–Crippen LogP) is 4.23. The number of pyridine rings is 1. The van der Waals surface area contributed by atoms with Crippen molar-refractivity contribution in [3.8, 4) is 0 Å². The zero-order chi connectivity index (χ0) is 19.4. The molecule has 0 radical (unpaired) electrons. The minimum Gasteiger partial charge on any atom is -0.455 e. The Morgan fingerprint density at radius 2 is 1.93 bits per heavy atom. The Labute approximate surface area is 162 Å². The van der Waals surface area contributed by atoms with Gasteiger partial charge in [-0.25, -0.2) is 0 Å². The van der Waals surface area contributed by atoms with Crippen molar-refractivity contribution in [3.05, 3.63) is 70.4 Å². The van der Waals surface area contributed by atoms with Gasteiger partial charge in [0.2, 0.25) is 0 Å². The lowest BCUT2D eigenvalue weighted by Gasteiger charge is -2.12. The number of esters is 1. The van der Waals surface area contributed by atoms with E-state index >= 15 is 0 Å². The molecule has 27 heavy (non-hydrogen) atoms. The van der Waals surface area contributed by atoms with Crippen molar-refractivity contribution in [2.45, 2.75) is 20.3 Å². The summed E-state index contributed by atoms with van der Waals surface area (Å²) in [6.07, 6.45) is 1.73. The number of fused-ring (bicyclic) bond motifs is 1. The number of carbonyl (C=O) groups is 2. The molecule has 0 aliphatic carbocycles. The highest BCUT2D eigenvalue weighted by molar-refractivity contribution is 6.34. The molecule has 0 saturated carbocycles. The van der Waals surface area contributed by atoms with Gasteiger partial charge in [-0.1, -0.05) is 41.9 Å². The van der Waals surface area contributed by atoms with Gasteiger partial charge in [-0.3, -0.25) is 14.6 Å². The Balaban J connectivity index is 1.60. The molecule has 0 atom stereocenters. The number of hydrogen-bond acceptors (Lipinski definition) is 4. The normalized spacial score (nSPS) is 10.6. The molecule has 0 saturated heterocycles.